The third-order valence-corrected chi connectivity index (χ3v) is 2.72. The summed E-state index contributed by atoms with van der Waals surface area (Å²) in [6, 6.07) is 0. The lowest BCUT2D eigenvalue weighted by Crippen LogP contribution is -2.16. The van der Waals surface area contributed by atoms with Crippen molar-refractivity contribution < 1.29 is 0 Å². The van der Waals surface area contributed by atoms with E-state index in [0.29, 0.717) is 5.11 Å². The fourth-order valence-electron chi connectivity index (χ4n) is 1.32. The van der Waals surface area contributed by atoms with Gasteiger partial charge in [-0.1, -0.05) is 20.8 Å². The molecule has 0 aromatic carbocycles. The zero-order valence-corrected chi connectivity index (χ0v) is 10.4. The van der Waals surface area contributed by atoms with E-state index >= 15 is 0 Å². The van der Waals surface area contributed by atoms with Crippen molar-refractivity contribution in [3.05, 3.63) is 36.9 Å². The lowest BCUT2D eigenvalue weighted by molar-refractivity contribution is 0.572. The molecule has 2 heterocycles. The first-order chi connectivity index (χ1) is 7.48. The molecule has 0 radical (unpaired) electrons. The second-order valence-corrected chi connectivity index (χ2v) is 5.03. The van der Waals surface area contributed by atoms with Crippen LogP contribution in [0.1, 0.15) is 26.5 Å². The van der Waals surface area contributed by atoms with Crippen molar-refractivity contribution in [1.29, 1.82) is 0 Å². The summed E-state index contributed by atoms with van der Waals surface area (Å²) in [5.41, 5.74) is 1.06. The highest BCUT2D eigenvalue weighted by atomic mass is 32.1. The average molecular weight is 234 g/mol. The topological polar surface area (TPSA) is 35.6 Å². The Kier molecular flexibility index (Phi) is 2.63. The van der Waals surface area contributed by atoms with Crippen molar-refractivity contribution in [2.45, 2.75) is 26.2 Å². The minimum absolute atomic E-state index is 0.0375. The number of rotatable bonds is 0. The van der Waals surface area contributed by atoms with Crippen molar-refractivity contribution in [3.63, 3.8) is 0 Å². The molecule has 0 saturated carbocycles. The van der Waals surface area contributed by atoms with Crippen molar-refractivity contribution in [2.75, 3.05) is 0 Å². The average Bonchev–Trinajstić information content (AvgIpc) is 2.87. The molecule has 84 valence electrons. The van der Waals surface area contributed by atoms with E-state index in [-0.39, 0.29) is 5.41 Å². The summed E-state index contributed by atoms with van der Waals surface area (Å²) in [5, 5.41) is 0.653. The molecule has 16 heavy (non-hydrogen) atoms. The Morgan fingerprint density at radius 3 is 2.50 bits per heavy atom. The number of hydrogen-bond donors (Lipinski definition) is 0. The molecule has 2 rings (SSSR count). The summed E-state index contributed by atoms with van der Waals surface area (Å²) in [6.45, 7) is 6.37. The largest absolute Gasteiger partial charge is 0.282 e. The monoisotopic (exact) mass is 234 g/mol. The number of hydrogen-bond acceptors (Lipinski definition) is 3. The van der Waals surface area contributed by atoms with Gasteiger partial charge in [0.1, 0.15) is 12.7 Å². The first-order valence-electron chi connectivity index (χ1n) is 5.05. The third-order valence-electron chi connectivity index (χ3n) is 2.30. The van der Waals surface area contributed by atoms with Gasteiger partial charge in [0, 0.05) is 24.0 Å². The summed E-state index contributed by atoms with van der Waals surface area (Å²) in [6.07, 6.45) is 8.90. The van der Waals surface area contributed by atoms with Gasteiger partial charge in [-0.3, -0.25) is 9.13 Å². The van der Waals surface area contributed by atoms with Crippen LogP contribution in [-0.2, 0) is 5.41 Å². The van der Waals surface area contributed by atoms with E-state index in [1.807, 2.05) is 17.0 Å². The van der Waals surface area contributed by atoms with Gasteiger partial charge in [0.05, 0.1) is 5.69 Å². The molecule has 0 atom stereocenters. The van der Waals surface area contributed by atoms with Crippen LogP contribution in [0.3, 0.4) is 0 Å². The molecule has 0 N–H and O–H groups in total. The van der Waals surface area contributed by atoms with Gasteiger partial charge in [-0.05, 0) is 12.2 Å². The molecule has 0 fully saturated rings. The molecule has 2 aromatic rings. The van der Waals surface area contributed by atoms with Crippen LogP contribution in [0.2, 0.25) is 0 Å². The van der Waals surface area contributed by atoms with Crippen LogP contribution in [-0.4, -0.2) is 24.2 Å². The maximum absolute atomic E-state index is 5.32. The highest BCUT2D eigenvalue weighted by molar-refractivity contribution is 7.80. The predicted molar refractivity (Wildman–Crippen MR) is 66.5 cm³/mol. The maximum atomic E-state index is 5.32. The van der Waals surface area contributed by atoms with E-state index in [0.717, 1.165) is 5.69 Å². The Morgan fingerprint density at radius 2 is 2.00 bits per heavy atom. The van der Waals surface area contributed by atoms with Crippen LogP contribution < -0.4 is 0 Å². The first-order valence-corrected chi connectivity index (χ1v) is 5.46. The Balaban J connectivity index is 2.30. The quantitative estimate of drug-likeness (QED) is 0.655. The van der Waals surface area contributed by atoms with Gasteiger partial charge in [-0.25, -0.2) is 9.97 Å². The Morgan fingerprint density at radius 1 is 1.25 bits per heavy atom. The van der Waals surface area contributed by atoms with Crippen LogP contribution in [0.25, 0.3) is 0 Å². The summed E-state index contributed by atoms with van der Waals surface area (Å²) in [7, 11) is 0. The van der Waals surface area contributed by atoms with Gasteiger partial charge < -0.3 is 0 Å². The zero-order valence-electron chi connectivity index (χ0n) is 9.58. The minimum atomic E-state index is 0.0375. The minimum Gasteiger partial charge on any atom is -0.282 e. The molecule has 0 spiro atoms. The Bertz CT molecular complexity index is 490. The summed E-state index contributed by atoms with van der Waals surface area (Å²) >= 11 is 5.32. The normalized spacial score (nSPS) is 11.7. The van der Waals surface area contributed by atoms with E-state index in [1.54, 1.807) is 23.4 Å². The van der Waals surface area contributed by atoms with Crippen molar-refractivity contribution in [3.8, 4) is 0 Å². The van der Waals surface area contributed by atoms with Gasteiger partial charge in [-0.2, -0.15) is 0 Å². The SMILES string of the molecule is CC(C)(C)c1cn(C(=S)n2ccnc2)cn1. The van der Waals surface area contributed by atoms with Crippen molar-refractivity contribution >= 4 is 17.3 Å². The second kappa shape index (κ2) is 3.83. The Labute approximate surface area is 99.9 Å². The van der Waals surface area contributed by atoms with E-state index in [1.165, 1.54) is 0 Å². The number of aromatic nitrogens is 4. The molecule has 0 aliphatic rings. The molecular weight excluding hydrogens is 220 g/mol. The predicted octanol–water partition coefficient (Wildman–Crippen LogP) is 2.06. The smallest absolute Gasteiger partial charge is 0.190 e. The first kappa shape index (κ1) is 11.0. The van der Waals surface area contributed by atoms with Gasteiger partial charge in [-0.15, -0.1) is 0 Å². The molecule has 0 aliphatic heterocycles. The molecule has 2 aromatic heterocycles. The van der Waals surface area contributed by atoms with Gasteiger partial charge in [0.15, 0.2) is 5.11 Å². The molecule has 0 saturated heterocycles. The fourth-order valence-corrected chi connectivity index (χ4v) is 1.53. The number of thiocarbonyl (C=S) groups is 1. The van der Waals surface area contributed by atoms with Crippen LogP contribution >= 0.6 is 12.2 Å². The highest BCUT2D eigenvalue weighted by Gasteiger charge is 2.17. The summed E-state index contributed by atoms with van der Waals surface area (Å²) < 4.78 is 3.61. The summed E-state index contributed by atoms with van der Waals surface area (Å²) in [5.74, 6) is 0. The van der Waals surface area contributed by atoms with Crippen molar-refractivity contribution in [2.24, 2.45) is 0 Å². The van der Waals surface area contributed by atoms with Crippen molar-refractivity contribution in [1.82, 2.24) is 19.1 Å². The van der Waals surface area contributed by atoms with E-state index in [2.05, 4.69) is 30.7 Å². The number of nitrogens with zero attached hydrogens (tertiary/aromatic N) is 4. The Hall–Kier alpha value is -1.49. The lowest BCUT2D eigenvalue weighted by Gasteiger charge is -2.14. The number of imidazole rings is 2. The van der Waals surface area contributed by atoms with E-state index < -0.39 is 0 Å². The van der Waals surface area contributed by atoms with Crippen LogP contribution in [0.15, 0.2) is 31.2 Å². The second-order valence-electron chi connectivity index (χ2n) is 4.67. The molecule has 0 unspecified atom stereocenters. The van der Waals surface area contributed by atoms with Crippen LogP contribution in [0, 0.1) is 0 Å². The molecule has 0 amide bonds. The third kappa shape index (κ3) is 2.04. The fraction of sp³-hybridized carbons (Fsp3) is 0.364. The van der Waals surface area contributed by atoms with Crippen LogP contribution in [0.4, 0.5) is 0 Å². The molecule has 5 heteroatoms. The standard InChI is InChI=1S/C11H14N4S/c1-11(2,3)9-6-15(8-13-9)10(16)14-5-4-12-7-14/h4-8H,1-3H3. The van der Waals surface area contributed by atoms with Gasteiger partial charge in [0.2, 0.25) is 0 Å². The maximum Gasteiger partial charge on any atom is 0.190 e. The van der Waals surface area contributed by atoms with E-state index in [4.69, 9.17) is 12.2 Å². The highest BCUT2D eigenvalue weighted by Crippen LogP contribution is 2.19. The van der Waals surface area contributed by atoms with Gasteiger partial charge >= 0.3 is 0 Å². The summed E-state index contributed by atoms with van der Waals surface area (Å²) in [4.78, 5) is 8.33. The zero-order chi connectivity index (χ0) is 11.8. The molecule has 0 bridgehead atoms. The molecular formula is C11H14N4S. The lowest BCUT2D eigenvalue weighted by atomic mass is 9.93. The van der Waals surface area contributed by atoms with Crippen LogP contribution in [0.5, 0.6) is 0 Å². The van der Waals surface area contributed by atoms with Gasteiger partial charge in [0.25, 0.3) is 0 Å². The molecule has 0 aliphatic carbocycles. The molecule has 4 nitrogen and oxygen atoms in total. The van der Waals surface area contributed by atoms with E-state index in [9.17, 15) is 0 Å².